The van der Waals surface area contributed by atoms with Crippen LogP contribution < -0.4 is 26.2 Å². The van der Waals surface area contributed by atoms with Crippen LogP contribution in [0.15, 0.2) is 45.9 Å². The number of aliphatic imine (C=N–C) groups is 1. The van der Waals surface area contributed by atoms with Crippen molar-refractivity contribution in [3.8, 4) is 0 Å². The van der Waals surface area contributed by atoms with Crippen molar-refractivity contribution in [3.63, 3.8) is 0 Å². The van der Waals surface area contributed by atoms with Crippen molar-refractivity contribution in [1.82, 2.24) is 24.4 Å². The quantitative estimate of drug-likeness (QED) is 0.504. The van der Waals surface area contributed by atoms with Crippen LogP contribution in [0.25, 0.3) is 0 Å². The van der Waals surface area contributed by atoms with Crippen molar-refractivity contribution in [2.24, 2.45) is 21.9 Å². The van der Waals surface area contributed by atoms with Gasteiger partial charge in [-0.1, -0.05) is 0 Å². The van der Waals surface area contributed by atoms with Crippen molar-refractivity contribution in [2.75, 3.05) is 67.2 Å². The minimum Gasteiger partial charge on any atom is -0.378 e. The summed E-state index contributed by atoms with van der Waals surface area (Å²) in [5.41, 5.74) is 13.9. The van der Waals surface area contributed by atoms with Crippen molar-refractivity contribution in [3.05, 3.63) is 35.9 Å². The number of nitrogens with two attached hydrogens (primary N) is 2. The highest BCUT2D eigenvalue weighted by Gasteiger charge is 2.44. The van der Waals surface area contributed by atoms with Gasteiger partial charge in [0.15, 0.2) is 6.29 Å². The molecule has 14 heteroatoms. The fourth-order valence-electron chi connectivity index (χ4n) is 5.68. The number of ether oxygens (including phenoxy) is 1. The molecule has 4 aliphatic rings. The van der Waals surface area contributed by atoms with Crippen molar-refractivity contribution < 1.29 is 4.74 Å². The van der Waals surface area contributed by atoms with E-state index in [2.05, 4.69) is 39.6 Å². The molecule has 0 radical (unpaired) electrons. The molecule has 2 aromatic rings. The third kappa shape index (κ3) is 5.64. The topological polar surface area (TPSA) is 138 Å². The van der Waals surface area contributed by atoms with Crippen LogP contribution in [0.2, 0.25) is 0 Å². The van der Waals surface area contributed by atoms with Crippen LogP contribution in [0.4, 0.5) is 17.5 Å². The Labute approximate surface area is 237 Å². The molecule has 3 fully saturated rings. The van der Waals surface area contributed by atoms with Crippen LogP contribution in [0.1, 0.15) is 19.3 Å². The second-order valence-corrected chi connectivity index (χ2v) is 11.7. The Hall–Kier alpha value is -2.71. The van der Waals surface area contributed by atoms with Gasteiger partial charge in [-0.25, -0.2) is 24.4 Å². The molecule has 1 spiro atoms. The highest BCUT2D eigenvalue weighted by atomic mass is 35.5. The van der Waals surface area contributed by atoms with Gasteiger partial charge in [-0.05, 0) is 42.5 Å². The van der Waals surface area contributed by atoms with Gasteiger partial charge in [0.25, 0.3) is 0 Å². The normalized spacial score (nSPS) is 25.3. The van der Waals surface area contributed by atoms with Gasteiger partial charge in [0.2, 0.25) is 5.95 Å². The zero-order valence-corrected chi connectivity index (χ0v) is 23.3. The van der Waals surface area contributed by atoms with E-state index in [1.807, 2.05) is 24.7 Å². The first-order chi connectivity index (χ1) is 19.0. The van der Waals surface area contributed by atoms with Crippen molar-refractivity contribution in [1.29, 1.82) is 0 Å². The third-order valence-electron chi connectivity index (χ3n) is 8.17. The standard InChI is InChI=1S/C25H34ClN11OS/c26-37-22(1-5-29-23(37)28)39-21-16-30-20(15-31-21)35-6-2-25(3-7-35)4-8-36(17-19(25)27)24-32-13-18(14-33-24)34-9-11-38-12-10-34/h1,5,13-16,19,23H,2-4,6-12,17,27-28H2. The molecule has 0 aromatic carbocycles. The maximum atomic E-state index is 6.83. The van der Waals surface area contributed by atoms with Crippen molar-refractivity contribution in [2.45, 2.75) is 36.6 Å². The van der Waals surface area contributed by atoms with E-state index in [-0.39, 0.29) is 11.5 Å². The molecule has 208 valence electrons. The van der Waals surface area contributed by atoms with Gasteiger partial charge in [-0.15, -0.1) is 0 Å². The maximum absolute atomic E-state index is 6.83. The molecule has 2 aromatic heterocycles. The zero-order chi connectivity index (χ0) is 26.8. The fourth-order valence-corrected chi connectivity index (χ4v) is 6.64. The smallest absolute Gasteiger partial charge is 0.225 e. The summed E-state index contributed by atoms with van der Waals surface area (Å²) in [7, 11) is 0. The summed E-state index contributed by atoms with van der Waals surface area (Å²) in [6.07, 6.45) is 13.4. The number of piperidine rings is 2. The first kappa shape index (κ1) is 26.5. The molecule has 0 aliphatic carbocycles. The first-order valence-electron chi connectivity index (χ1n) is 13.3. The van der Waals surface area contributed by atoms with E-state index in [0.29, 0.717) is 0 Å². The molecule has 4 aliphatic heterocycles. The van der Waals surface area contributed by atoms with Gasteiger partial charge in [-0.3, -0.25) is 10.7 Å². The lowest BCUT2D eigenvalue weighted by Crippen LogP contribution is -2.59. The lowest BCUT2D eigenvalue weighted by Gasteiger charge is -2.50. The number of anilines is 3. The van der Waals surface area contributed by atoms with Crippen LogP contribution in [0.5, 0.6) is 0 Å². The molecule has 39 heavy (non-hydrogen) atoms. The lowest BCUT2D eigenvalue weighted by molar-refractivity contribution is 0.122. The number of aromatic nitrogens is 4. The summed E-state index contributed by atoms with van der Waals surface area (Å²) in [5, 5.41) is 1.51. The number of hydrogen-bond donors (Lipinski definition) is 2. The Balaban J connectivity index is 1.02. The van der Waals surface area contributed by atoms with Crippen LogP contribution in [-0.2, 0) is 4.74 Å². The minimum absolute atomic E-state index is 0.0676. The van der Waals surface area contributed by atoms with E-state index in [4.69, 9.17) is 28.0 Å². The Morgan fingerprint density at radius 3 is 2.26 bits per heavy atom. The average Bonchev–Trinajstić information content (AvgIpc) is 2.98. The van der Waals surface area contributed by atoms with Gasteiger partial charge >= 0.3 is 0 Å². The number of rotatable bonds is 5. The molecule has 2 atom stereocenters. The Morgan fingerprint density at radius 2 is 1.59 bits per heavy atom. The van der Waals surface area contributed by atoms with Crippen LogP contribution >= 0.6 is 23.5 Å². The van der Waals surface area contributed by atoms with Crippen LogP contribution in [0, 0.1) is 5.41 Å². The predicted octanol–water partition coefficient (Wildman–Crippen LogP) is 1.64. The van der Waals surface area contributed by atoms with E-state index in [1.165, 1.54) is 16.2 Å². The van der Waals surface area contributed by atoms with E-state index in [1.54, 1.807) is 12.4 Å². The van der Waals surface area contributed by atoms with Gasteiger partial charge in [0.1, 0.15) is 10.8 Å². The Morgan fingerprint density at radius 1 is 0.872 bits per heavy atom. The SMILES string of the molecule is NC1N=CC=C(Sc2cnc(N3CCC4(CC3)CCN(c3ncc(N5CCOCC5)cn3)CC4N)cn2)N1Cl. The highest BCUT2D eigenvalue weighted by molar-refractivity contribution is 8.03. The molecule has 0 bridgehead atoms. The minimum atomic E-state index is -0.598. The monoisotopic (exact) mass is 571 g/mol. The molecule has 6 rings (SSSR count). The molecule has 0 saturated carbocycles. The lowest BCUT2D eigenvalue weighted by atomic mass is 9.68. The predicted molar refractivity (Wildman–Crippen MR) is 154 cm³/mol. The third-order valence-corrected chi connectivity index (χ3v) is 9.62. The summed E-state index contributed by atoms with van der Waals surface area (Å²) in [4.78, 5) is 29.5. The average molecular weight is 572 g/mol. The number of morpholine rings is 1. The van der Waals surface area contributed by atoms with Crippen molar-refractivity contribution >= 4 is 47.2 Å². The molecular weight excluding hydrogens is 538 g/mol. The van der Waals surface area contributed by atoms with E-state index in [9.17, 15) is 0 Å². The number of halogens is 1. The van der Waals surface area contributed by atoms with Gasteiger partial charge < -0.3 is 25.2 Å². The van der Waals surface area contributed by atoms with E-state index >= 15 is 0 Å². The Kier molecular flexibility index (Phi) is 7.76. The van der Waals surface area contributed by atoms with E-state index in [0.717, 1.165) is 99.3 Å². The summed E-state index contributed by atoms with van der Waals surface area (Å²) >= 11 is 7.63. The fraction of sp³-hybridized carbons (Fsp3) is 0.560. The summed E-state index contributed by atoms with van der Waals surface area (Å²) in [6.45, 7) is 6.75. The molecule has 4 N–H and O–H groups in total. The number of thioether (sulfide) groups is 1. The Bertz CT molecular complexity index is 1180. The molecule has 0 amide bonds. The van der Waals surface area contributed by atoms with Crippen LogP contribution in [0.3, 0.4) is 0 Å². The first-order valence-corrected chi connectivity index (χ1v) is 14.5. The summed E-state index contributed by atoms with van der Waals surface area (Å²) < 4.78 is 6.84. The zero-order valence-electron chi connectivity index (χ0n) is 21.8. The largest absolute Gasteiger partial charge is 0.378 e. The van der Waals surface area contributed by atoms with E-state index < -0.39 is 6.29 Å². The number of allylic oxidation sites excluding steroid dienone is 1. The molecule has 12 nitrogen and oxygen atoms in total. The van der Waals surface area contributed by atoms with Gasteiger partial charge in [-0.2, -0.15) is 0 Å². The summed E-state index contributed by atoms with van der Waals surface area (Å²) in [5.74, 6) is 1.64. The molecule has 3 saturated heterocycles. The maximum Gasteiger partial charge on any atom is 0.225 e. The molecular formula is C25H34ClN11OS. The van der Waals surface area contributed by atoms with Crippen LogP contribution in [-0.4, -0.2) is 95.4 Å². The second-order valence-electron chi connectivity index (χ2n) is 10.3. The summed E-state index contributed by atoms with van der Waals surface area (Å²) in [6, 6.07) is 0.0676. The number of hydrogen-bond acceptors (Lipinski definition) is 13. The highest BCUT2D eigenvalue weighted by Crippen LogP contribution is 2.42. The van der Waals surface area contributed by atoms with Gasteiger partial charge in [0.05, 0.1) is 48.7 Å². The molecule has 2 unspecified atom stereocenters. The van der Waals surface area contributed by atoms with Gasteiger partial charge in [0, 0.05) is 63.3 Å². The molecule has 6 heterocycles. The second kappa shape index (κ2) is 11.4. The number of nitrogens with zero attached hydrogens (tertiary/aromatic N) is 9.